The average Bonchev–Trinajstić information content (AvgIpc) is 4.00. The molecule has 5 N–H and O–H groups in total. The van der Waals surface area contributed by atoms with Crippen molar-refractivity contribution in [1.82, 2.24) is 4.90 Å². The molecule has 0 aromatic heterocycles. The molecule has 0 radical (unpaired) electrons. The van der Waals surface area contributed by atoms with Gasteiger partial charge in [0.25, 0.3) is 0 Å². The lowest BCUT2D eigenvalue weighted by Crippen LogP contribution is -2.54. The molecule has 0 spiro atoms. The summed E-state index contributed by atoms with van der Waals surface area (Å²) in [6.07, 6.45) is 6.93. The van der Waals surface area contributed by atoms with Crippen molar-refractivity contribution < 1.29 is 63.6 Å². The van der Waals surface area contributed by atoms with E-state index in [4.69, 9.17) is 23.7 Å². The van der Waals surface area contributed by atoms with Gasteiger partial charge in [-0.25, -0.2) is 4.79 Å². The Morgan fingerprint density at radius 2 is 1.86 bits per heavy atom. The highest BCUT2D eigenvalue weighted by Crippen LogP contribution is 2.58. The van der Waals surface area contributed by atoms with E-state index >= 15 is 0 Å². The number of ketones is 1. The third kappa shape index (κ3) is 9.49. The summed E-state index contributed by atoms with van der Waals surface area (Å²) in [5.74, 6) is -2.63. The number of aldehydes is 1. The third-order valence-corrected chi connectivity index (χ3v) is 14.7. The molecular weight excluding hydrogens is 849 g/mol. The highest BCUT2D eigenvalue weighted by Gasteiger charge is 2.51. The van der Waals surface area contributed by atoms with E-state index in [-0.39, 0.29) is 72.6 Å². The molecule has 4 heterocycles. The Hall–Kier alpha value is -4.48. The first-order valence-electron chi connectivity index (χ1n) is 24.0. The van der Waals surface area contributed by atoms with Gasteiger partial charge >= 0.3 is 5.97 Å². The van der Waals surface area contributed by atoms with Crippen LogP contribution in [0.15, 0.2) is 40.1 Å². The molecule has 15 nitrogen and oxygen atoms in total. The van der Waals surface area contributed by atoms with Crippen LogP contribution in [0.5, 0.6) is 17.2 Å². The molecule has 3 fully saturated rings. The maximum absolute atomic E-state index is 14.2. The van der Waals surface area contributed by atoms with Crippen LogP contribution in [0.25, 0.3) is 11.6 Å². The molecule has 1 saturated heterocycles. The number of methoxy groups -OCH3 is 1. The molecule has 6 aliphatic rings. The van der Waals surface area contributed by atoms with Crippen LogP contribution in [-0.4, -0.2) is 132 Å². The summed E-state index contributed by atoms with van der Waals surface area (Å²) in [6.45, 7) is 4.15. The number of ether oxygens (including phenoxy) is 5. The molecule has 15 heteroatoms. The van der Waals surface area contributed by atoms with Crippen molar-refractivity contribution in [2.45, 2.75) is 127 Å². The fourth-order valence-electron chi connectivity index (χ4n) is 11.3. The minimum atomic E-state index is -1.37. The van der Waals surface area contributed by atoms with Crippen LogP contribution in [0.3, 0.4) is 0 Å². The number of hydrogen-bond acceptors (Lipinski definition) is 15. The molecule has 2 aromatic rings. The number of Topliss-reactive ketones (excluding diaryl/α,β-unsaturated/α-hetero) is 1. The number of hydrogen-bond donors (Lipinski definition) is 5. The number of likely N-dealkylation sites (tertiary alicyclic amines) is 1. The summed E-state index contributed by atoms with van der Waals surface area (Å²) in [6, 6.07) is 5.69. The zero-order valence-electron chi connectivity index (χ0n) is 38.3. The number of nitrogens with zero attached hydrogens (tertiary/aromatic N) is 2. The Kier molecular flexibility index (Phi) is 15.4. The van der Waals surface area contributed by atoms with Gasteiger partial charge in [0.15, 0.2) is 6.29 Å². The third-order valence-electron chi connectivity index (χ3n) is 14.7. The lowest BCUT2D eigenvalue weighted by atomic mass is 9.71. The minimum absolute atomic E-state index is 0.0235. The Balaban J connectivity index is 1.31. The second kappa shape index (κ2) is 21.2. The van der Waals surface area contributed by atoms with Crippen molar-refractivity contribution in [2.75, 3.05) is 59.7 Å². The summed E-state index contributed by atoms with van der Waals surface area (Å²) in [5.41, 5.74) is 1.17. The number of allylic oxidation sites excluding steroid dienone is 3. The van der Waals surface area contributed by atoms with E-state index in [1.165, 1.54) is 0 Å². The first kappa shape index (κ1) is 48.0. The Morgan fingerprint density at radius 1 is 1.05 bits per heavy atom. The van der Waals surface area contributed by atoms with Gasteiger partial charge in [-0.3, -0.25) is 14.6 Å². The van der Waals surface area contributed by atoms with Crippen LogP contribution in [0, 0.1) is 11.8 Å². The molecule has 0 amide bonds. The SMILES string of the molecule is CCOC(=O)C1=C(C=O)/C(=C2\C[C@H](CO)C(=O)[C@@H](c3ccc4c(c3)=CCN=4)C2)c2c(c(CO)c3c(c2O[C@@H]2CCC[C@@H](O)C2)C[C@@H]([C@@](O)(CCCCO)C2CCN(CCCOC)CC2)O3)O1. The largest absolute Gasteiger partial charge is 0.489 e. The predicted molar refractivity (Wildman–Crippen MR) is 242 cm³/mol. The molecule has 6 atom stereocenters. The number of piperidine rings is 1. The van der Waals surface area contributed by atoms with Crippen molar-refractivity contribution >= 4 is 29.7 Å². The fourth-order valence-corrected chi connectivity index (χ4v) is 11.3. The number of esters is 1. The van der Waals surface area contributed by atoms with Crippen LogP contribution in [0.2, 0.25) is 0 Å². The quantitative estimate of drug-likeness (QED) is 0.0827. The van der Waals surface area contributed by atoms with Gasteiger partial charge in [-0.2, -0.15) is 0 Å². The molecule has 66 heavy (non-hydrogen) atoms. The Morgan fingerprint density at radius 3 is 2.58 bits per heavy atom. The van der Waals surface area contributed by atoms with Crippen LogP contribution in [-0.2, 0) is 36.9 Å². The van der Waals surface area contributed by atoms with Crippen molar-refractivity contribution in [1.29, 1.82) is 0 Å². The second-order valence-electron chi connectivity index (χ2n) is 18.8. The van der Waals surface area contributed by atoms with Crippen molar-refractivity contribution in [3.05, 3.63) is 67.9 Å². The van der Waals surface area contributed by atoms with Gasteiger partial charge in [-0.1, -0.05) is 17.7 Å². The van der Waals surface area contributed by atoms with Gasteiger partial charge in [0, 0.05) is 62.7 Å². The molecule has 8 rings (SSSR count). The zero-order valence-corrected chi connectivity index (χ0v) is 38.3. The van der Waals surface area contributed by atoms with Crippen LogP contribution in [0.4, 0.5) is 0 Å². The molecule has 0 bridgehead atoms. The number of benzene rings is 2. The van der Waals surface area contributed by atoms with Crippen molar-refractivity contribution in [3.8, 4) is 17.2 Å². The summed E-state index contributed by atoms with van der Waals surface area (Å²) in [7, 11) is 1.69. The number of aliphatic hydroxyl groups excluding tert-OH is 4. The Bertz CT molecular complexity index is 2330. The highest BCUT2D eigenvalue weighted by molar-refractivity contribution is 6.11. The maximum atomic E-state index is 14.2. The number of rotatable bonds is 18. The second-order valence-corrected chi connectivity index (χ2v) is 18.8. The standard InChI is InChI=1S/C51H66N2O13/c1-3-63-50(60)49-39(28-56)43(32-23-33(27-55)45(59)37(24-32)30-10-11-41-31(22-30)12-16-52-41)44-47(64-36-9-6-8-35(58)25-36)38-26-42(65-46(38)40(29-57)48(44)66-49)51(61,15-4-5-20-54)34-13-18-53(19-14-34)17-7-21-62-2/h10-12,22,28,33-37,42,54-55,57-58,61H,3-9,13-21,23-27,29H2,1-2H3/b43-32-/t33-,35-,36-,37-,42+,51-/m1/s1. The van der Waals surface area contributed by atoms with E-state index in [1.807, 2.05) is 24.3 Å². The molecule has 0 unspecified atom stereocenters. The number of aliphatic hydroxyl groups is 5. The lowest BCUT2D eigenvalue weighted by molar-refractivity contribution is -0.141. The zero-order chi connectivity index (χ0) is 46.5. The summed E-state index contributed by atoms with van der Waals surface area (Å²) < 4.78 is 31.3. The van der Waals surface area contributed by atoms with Crippen LogP contribution in [0.1, 0.15) is 112 Å². The van der Waals surface area contributed by atoms with Gasteiger partial charge in [0.1, 0.15) is 40.8 Å². The van der Waals surface area contributed by atoms with Crippen molar-refractivity contribution in [2.24, 2.45) is 16.8 Å². The molecule has 4 aliphatic heterocycles. The predicted octanol–water partition coefficient (Wildman–Crippen LogP) is 3.14. The lowest BCUT2D eigenvalue weighted by Gasteiger charge is -2.44. The molecule has 2 saturated carbocycles. The highest BCUT2D eigenvalue weighted by atomic mass is 16.6. The fraction of sp³-hybridized carbons (Fsp3) is 0.608. The van der Waals surface area contributed by atoms with Gasteiger partial charge < -0.3 is 54.1 Å². The van der Waals surface area contributed by atoms with E-state index in [1.54, 1.807) is 14.0 Å². The number of carbonyl (C=O) groups is 3. The number of carbonyl (C=O) groups excluding carboxylic acids is 3. The minimum Gasteiger partial charge on any atom is -0.489 e. The van der Waals surface area contributed by atoms with E-state index in [9.17, 15) is 39.9 Å². The first-order chi connectivity index (χ1) is 32.1. The number of fused-ring (bicyclic) bond motifs is 3. The van der Waals surface area contributed by atoms with E-state index in [2.05, 4.69) is 9.89 Å². The Labute approximate surface area is 385 Å². The average molecular weight is 915 g/mol. The van der Waals surface area contributed by atoms with E-state index < -0.39 is 60.7 Å². The van der Waals surface area contributed by atoms with E-state index in [0.29, 0.717) is 99.5 Å². The normalized spacial score (nSPS) is 26.3. The monoisotopic (exact) mass is 914 g/mol. The molecular formula is C51H66N2O13. The van der Waals surface area contributed by atoms with E-state index in [0.717, 1.165) is 42.2 Å². The van der Waals surface area contributed by atoms with Gasteiger partial charge in [0.2, 0.25) is 5.76 Å². The first-order valence-corrected chi connectivity index (χ1v) is 24.0. The molecule has 2 aliphatic carbocycles. The smallest absolute Gasteiger partial charge is 0.375 e. The van der Waals surface area contributed by atoms with Gasteiger partial charge in [-0.15, -0.1) is 0 Å². The van der Waals surface area contributed by atoms with Crippen LogP contribution >= 0.6 is 0 Å². The summed E-state index contributed by atoms with van der Waals surface area (Å²) in [4.78, 5) is 48.7. The summed E-state index contributed by atoms with van der Waals surface area (Å²) in [5, 5.41) is 57.8. The van der Waals surface area contributed by atoms with Gasteiger partial charge in [0.05, 0.1) is 54.5 Å². The molecule has 358 valence electrons. The van der Waals surface area contributed by atoms with Gasteiger partial charge in [-0.05, 0) is 119 Å². The maximum Gasteiger partial charge on any atom is 0.375 e. The number of unbranched alkanes of at least 4 members (excludes halogenated alkanes) is 1. The van der Waals surface area contributed by atoms with Crippen LogP contribution < -0.4 is 24.8 Å². The topological polar surface area (TPSA) is 214 Å². The molecule has 2 aromatic carbocycles. The summed E-state index contributed by atoms with van der Waals surface area (Å²) >= 11 is 0. The van der Waals surface area contributed by atoms with Crippen molar-refractivity contribution in [3.63, 3.8) is 0 Å².